The van der Waals surface area contributed by atoms with Crippen molar-refractivity contribution < 1.29 is 4.79 Å². The highest BCUT2D eigenvalue weighted by Gasteiger charge is 2.20. The fourth-order valence-electron chi connectivity index (χ4n) is 2.31. The van der Waals surface area contributed by atoms with Gasteiger partial charge in [-0.05, 0) is 6.07 Å². The lowest BCUT2D eigenvalue weighted by atomic mass is 10.1. The number of carbonyl (C=O) groups excluding carboxylic acids is 1. The summed E-state index contributed by atoms with van der Waals surface area (Å²) >= 11 is 1.43. The number of benzene rings is 1. The first-order chi connectivity index (χ1) is 10.1. The molecule has 0 spiro atoms. The van der Waals surface area contributed by atoms with Gasteiger partial charge in [0, 0.05) is 35.3 Å². The maximum absolute atomic E-state index is 12.4. The van der Waals surface area contributed by atoms with Gasteiger partial charge in [-0.1, -0.05) is 24.3 Å². The monoisotopic (exact) mass is 297 g/mol. The maximum atomic E-state index is 12.4. The van der Waals surface area contributed by atoms with Gasteiger partial charge in [0.25, 0.3) is 5.91 Å². The van der Waals surface area contributed by atoms with Gasteiger partial charge in [0.1, 0.15) is 4.88 Å². The molecule has 0 unspecified atom stereocenters. The molecule has 0 saturated heterocycles. The highest BCUT2D eigenvalue weighted by atomic mass is 32.1. The number of aromatic nitrogens is 1. The van der Waals surface area contributed by atoms with Gasteiger partial charge in [-0.25, -0.2) is 0 Å². The number of rotatable bonds is 3. The van der Waals surface area contributed by atoms with Crippen LogP contribution in [0.25, 0.3) is 21.0 Å². The van der Waals surface area contributed by atoms with Gasteiger partial charge in [0.15, 0.2) is 0 Å². The highest BCUT2D eigenvalue weighted by Crippen LogP contribution is 2.37. The van der Waals surface area contributed by atoms with Gasteiger partial charge < -0.3 is 10.6 Å². The van der Waals surface area contributed by atoms with E-state index in [1.54, 1.807) is 24.2 Å². The highest BCUT2D eigenvalue weighted by molar-refractivity contribution is 7.22. The average Bonchev–Trinajstić information content (AvgIpc) is 2.84. The maximum Gasteiger partial charge on any atom is 0.266 e. The van der Waals surface area contributed by atoms with Crippen LogP contribution in [-0.4, -0.2) is 29.4 Å². The zero-order valence-corrected chi connectivity index (χ0v) is 12.5. The number of hydrogen-bond acceptors (Lipinski definition) is 4. The first kappa shape index (κ1) is 13.6. The summed E-state index contributed by atoms with van der Waals surface area (Å²) in [5.41, 5.74) is 7.58. The number of amides is 1. The van der Waals surface area contributed by atoms with Crippen LogP contribution in [0.4, 0.5) is 5.69 Å². The van der Waals surface area contributed by atoms with Crippen LogP contribution in [0.3, 0.4) is 0 Å². The molecule has 0 bridgehead atoms. The van der Waals surface area contributed by atoms with Crippen LogP contribution in [0.15, 0.2) is 43.1 Å². The molecule has 3 rings (SSSR count). The standard InChI is InChI=1S/C16H15N3OS/c1-3-8-19(2)16(20)15-13(17)11-9-18-12-7-5-4-6-10(12)14(11)21-15/h3-7,9H,1,8,17H2,2H3. The normalized spacial score (nSPS) is 10.9. The minimum atomic E-state index is -0.0855. The van der Waals surface area contributed by atoms with Gasteiger partial charge in [-0.3, -0.25) is 9.78 Å². The Morgan fingerprint density at radius 1 is 1.43 bits per heavy atom. The zero-order chi connectivity index (χ0) is 15.0. The predicted octanol–water partition coefficient (Wildman–Crippen LogP) is 3.29. The molecule has 2 N–H and O–H groups in total. The van der Waals surface area contributed by atoms with E-state index in [1.807, 2.05) is 24.3 Å². The van der Waals surface area contributed by atoms with Crippen molar-refractivity contribution in [2.75, 3.05) is 19.3 Å². The van der Waals surface area contributed by atoms with Crippen LogP contribution in [0.1, 0.15) is 9.67 Å². The molecule has 5 heteroatoms. The summed E-state index contributed by atoms with van der Waals surface area (Å²) in [5.74, 6) is -0.0855. The number of hydrogen-bond donors (Lipinski definition) is 1. The Labute approximate surface area is 126 Å². The summed E-state index contributed by atoms with van der Waals surface area (Å²) in [4.78, 5) is 19.0. The van der Waals surface area contributed by atoms with Crippen molar-refractivity contribution in [2.45, 2.75) is 0 Å². The molecule has 0 radical (unpaired) electrons. The molecule has 3 aromatic rings. The van der Waals surface area contributed by atoms with Gasteiger partial charge in [-0.15, -0.1) is 17.9 Å². The second-order valence-electron chi connectivity index (χ2n) is 4.84. The molecule has 0 aliphatic carbocycles. The number of para-hydroxylation sites is 1. The van der Waals surface area contributed by atoms with E-state index in [4.69, 9.17) is 5.73 Å². The molecule has 2 heterocycles. The van der Waals surface area contributed by atoms with Crippen molar-refractivity contribution in [3.63, 3.8) is 0 Å². The summed E-state index contributed by atoms with van der Waals surface area (Å²) in [6, 6.07) is 7.87. The summed E-state index contributed by atoms with van der Waals surface area (Å²) in [6.07, 6.45) is 3.44. The Kier molecular flexibility index (Phi) is 3.35. The Hall–Kier alpha value is -2.40. The van der Waals surface area contributed by atoms with Crippen LogP contribution >= 0.6 is 11.3 Å². The minimum absolute atomic E-state index is 0.0855. The largest absolute Gasteiger partial charge is 0.397 e. The number of fused-ring (bicyclic) bond motifs is 3. The number of carbonyl (C=O) groups is 1. The molecule has 0 atom stereocenters. The topological polar surface area (TPSA) is 59.2 Å². The Bertz CT molecular complexity index is 853. The lowest BCUT2D eigenvalue weighted by Gasteiger charge is -2.13. The van der Waals surface area contributed by atoms with E-state index in [-0.39, 0.29) is 5.91 Å². The second kappa shape index (κ2) is 5.18. The number of thiophene rings is 1. The van der Waals surface area contributed by atoms with Crippen molar-refractivity contribution in [3.05, 3.63) is 48.0 Å². The number of nitrogen functional groups attached to an aromatic ring is 1. The van der Waals surface area contributed by atoms with Crippen LogP contribution in [-0.2, 0) is 0 Å². The molecule has 21 heavy (non-hydrogen) atoms. The summed E-state index contributed by atoms with van der Waals surface area (Å²) < 4.78 is 1.01. The van der Waals surface area contributed by atoms with Crippen LogP contribution < -0.4 is 5.73 Å². The molecule has 106 valence electrons. The Morgan fingerprint density at radius 3 is 2.95 bits per heavy atom. The summed E-state index contributed by atoms with van der Waals surface area (Å²) in [5, 5.41) is 1.87. The fourth-order valence-corrected chi connectivity index (χ4v) is 3.53. The summed E-state index contributed by atoms with van der Waals surface area (Å²) in [6.45, 7) is 4.14. The summed E-state index contributed by atoms with van der Waals surface area (Å²) in [7, 11) is 1.74. The van der Waals surface area contributed by atoms with Crippen molar-refractivity contribution >= 4 is 43.9 Å². The predicted molar refractivity (Wildman–Crippen MR) is 88.7 cm³/mol. The molecule has 2 aromatic heterocycles. The molecular formula is C16H15N3OS. The molecule has 0 aliphatic heterocycles. The number of pyridine rings is 1. The molecule has 1 aromatic carbocycles. The number of nitrogens with zero attached hydrogens (tertiary/aromatic N) is 2. The lowest BCUT2D eigenvalue weighted by Crippen LogP contribution is -2.26. The van der Waals surface area contributed by atoms with Crippen LogP contribution in [0.2, 0.25) is 0 Å². The average molecular weight is 297 g/mol. The van der Waals surface area contributed by atoms with Crippen molar-refractivity contribution in [2.24, 2.45) is 0 Å². The smallest absolute Gasteiger partial charge is 0.266 e. The van der Waals surface area contributed by atoms with Gasteiger partial charge in [-0.2, -0.15) is 0 Å². The van der Waals surface area contributed by atoms with Gasteiger partial charge in [0.2, 0.25) is 0 Å². The van der Waals surface area contributed by atoms with E-state index in [0.717, 1.165) is 21.0 Å². The van der Waals surface area contributed by atoms with E-state index in [2.05, 4.69) is 11.6 Å². The number of nitrogens with two attached hydrogens (primary N) is 1. The third-order valence-corrected chi connectivity index (χ3v) is 4.65. The molecular weight excluding hydrogens is 282 g/mol. The van der Waals surface area contributed by atoms with Crippen molar-refractivity contribution in [1.29, 1.82) is 0 Å². The van der Waals surface area contributed by atoms with Gasteiger partial charge >= 0.3 is 0 Å². The first-order valence-electron chi connectivity index (χ1n) is 6.55. The Balaban J connectivity index is 2.21. The number of anilines is 1. The molecule has 4 nitrogen and oxygen atoms in total. The molecule has 0 fully saturated rings. The molecule has 0 aliphatic rings. The molecule has 1 amide bonds. The van der Waals surface area contributed by atoms with Crippen LogP contribution in [0.5, 0.6) is 0 Å². The number of likely N-dealkylation sites (N-methyl/N-ethyl adjacent to an activating group) is 1. The molecule has 0 saturated carbocycles. The van der Waals surface area contributed by atoms with Gasteiger partial charge in [0.05, 0.1) is 11.2 Å². The van der Waals surface area contributed by atoms with Crippen molar-refractivity contribution in [3.8, 4) is 0 Å². The second-order valence-corrected chi connectivity index (χ2v) is 5.86. The van der Waals surface area contributed by atoms with E-state index >= 15 is 0 Å². The quantitative estimate of drug-likeness (QED) is 0.755. The third kappa shape index (κ3) is 2.15. The van der Waals surface area contributed by atoms with Crippen molar-refractivity contribution in [1.82, 2.24) is 9.88 Å². The third-order valence-electron chi connectivity index (χ3n) is 3.41. The van der Waals surface area contributed by atoms with E-state index in [1.165, 1.54) is 11.3 Å². The van der Waals surface area contributed by atoms with E-state index in [9.17, 15) is 4.79 Å². The Morgan fingerprint density at radius 2 is 2.19 bits per heavy atom. The van der Waals surface area contributed by atoms with E-state index < -0.39 is 0 Å². The van der Waals surface area contributed by atoms with Crippen LogP contribution in [0, 0.1) is 0 Å². The minimum Gasteiger partial charge on any atom is -0.397 e. The lowest BCUT2D eigenvalue weighted by molar-refractivity contribution is 0.0816. The SMILES string of the molecule is C=CCN(C)C(=O)c1sc2c(cnc3ccccc32)c1N. The zero-order valence-electron chi connectivity index (χ0n) is 11.7. The van der Waals surface area contributed by atoms with E-state index in [0.29, 0.717) is 17.1 Å². The fraction of sp³-hybridized carbons (Fsp3) is 0.125. The first-order valence-corrected chi connectivity index (χ1v) is 7.37.